The van der Waals surface area contributed by atoms with Gasteiger partial charge in [-0.05, 0) is 49.9 Å². The van der Waals surface area contributed by atoms with Crippen molar-refractivity contribution >= 4 is 5.69 Å². The molecule has 1 aliphatic rings. The van der Waals surface area contributed by atoms with E-state index in [1.165, 1.54) is 24.2 Å². The molecule has 0 atom stereocenters. The molecule has 4 nitrogen and oxygen atoms in total. The van der Waals surface area contributed by atoms with Crippen molar-refractivity contribution in [2.24, 2.45) is 0 Å². The molecule has 0 spiro atoms. The Kier molecular flexibility index (Phi) is 3.40. The van der Waals surface area contributed by atoms with Gasteiger partial charge in [0.25, 0.3) is 0 Å². The normalized spacial score (nSPS) is 14.1. The molecule has 19 heavy (non-hydrogen) atoms. The standard InChI is InChI=1S/C15H19N3O/c16-12-5-7-13(8-6-12)19-10-9-18-11-17-14-3-1-2-4-15(14)18/h5-8,11H,1-4,9-10,16H2. The average molecular weight is 257 g/mol. The van der Waals surface area contributed by atoms with Gasteiger partial charge >= 0.3 is 0 Å². The average Bonchev–Trinajstić information content (AvgIpc) is 2.85. The second-order valence-corrected chi connectivity index (χ2v) is 4.96. The maximum atomic E-state index is 5.72. The first kappa shape index (κ1) is 12.1. The van der Waals surface area contributed by atoms with Crippen LogP contribution in [-0.2, 0) is 19.4 Å². The predicted molar refractivity (Wildman–Crippen MR) is 75.2 cm³/mol. The third kappa shape index (κ3) is 2.72. The summed E-state index contributed by atoms with van der Waals surface area (Å²) >= 11 is 0. The second kappa shape index (κ2) is 5.34. The summed E-state index contributed by atoms with van der Waals surface area (Å²) in [6.45, 7) is 1.51. The quantitative estimate of drug-likeness (QED) is 0.856. The van der Waals surface area contributed by atoms with Gasteiger partial charge < -0.3 is 15.0 Å². The first-order valence-electron chi connectivity index (χ1n) is 6.84. The number of nitrogen functional groups attached to an aromatic ring is 1. The van der Waals surface area contributed by atoms with E-state index in [0.717, 1.165) is 30.8 Å². The van der Waals surface area contributed by atoms with Crippen LogP contribution < -0.4 is 10.5 Å². The van der Waals surface area contributed by atoms with Crippen LogP contribution in [0, 0.1) is 0 Å². The van der Waals surface area contributed by atoms with Crippen molar-refractivity contribution in [2.45, 2.75) is 32.2 Å². The van der Waals surface area contributed by atoms with Gasteiger partial charge in [0.2, 0.25) is 0 Å². The van der Waals surface area contributed by atoms with Gasteiger partial charge in [0, 0.05) is 11.4 Å². The largest absolute Gasteiger partial charge is 0.492 e. The molecule has 0 aliphatic heterocycles. The van der Waals surface area contributed by atoms with Crippen molar-refractivity contribution in [3.63, 3.8) is 0 Å². The Balaban J connectivity index is 1.57. The number of aromatic nitrogens is 2. The highest BCUT2D eigenvalue weighted by Crippen LogP contribution is 2.20. The van der Waals surface area contributed by atoms with Crippen LogP contribution in [0.3, 0.4) is 0 Å². The molecule has 3 rings (SSSR count). The van der Waals surface area contributed by atoms with E-state index >= 15 is 0 Å². The van der Waals surface area contributed by atoms with Gasteiger partial charge in [0.05, 0.1) is 18.6 Å². The molecular weight excluding hydrogens is 238 g/mol. The minimum atomic E-state index is 0.659. The SMILES string of the molecule is Nc1ccc(OCCn2cnc3c2CCCC3)cc1. The summed E-state index contributed by atoms with van der Waals surface area (Å²) in [5.41, 5.74) is 9.07. The number of hydrogen-bond acceptors (Lipinski definition) is 3. The van der Waals surface area contributed by atoms with Crippen LogP contribution in [-0.4, -0.2) is 16.2 Å². The summed E-state index contributed by atoms with van der Waals surface area (Å²) in [5.74, 6) is 0.864. The van der Waals surface area contributed by atoms with Crippen LogP contribution in [0.15, 0.2) is 30.6 Å². The number of imidazole rings is 1. The molecule has 2 N–H and O–H groups in total. The molecule has 0 amide bonds. The third-order valence-electron chi connectivity index (χ3n) is 3.59. The van der Waals surface area contributed by atoms with E-state index < -0.39 is 0 Å². The van der Waals surface area contributed by atoms with Gasteiger partial charge in [-0.1, -0.05) is 0 Å². The van der Waals surface area contributed by atoms with E-state index in [2.05, 4.69) is 9.55 Å². The van der Waals surface area contributed by atoms with E-state index in [1.807, 2.05) is 30.6 Å². The number of benzene rings is 1. The van der Waals surface area contributed by atoms with Crippen LogP contribution in [0.25, 0.3) is 0 Å². The number of rotatable bonds is 4. The Bertz CT molecular complexity index is 545. The van der Waals surface area contributed by atoms with Crippen molar-refractivity contribution in [3.05, 3.63) is 42.0 Å². The van der Waals surface area contributed by atoms with Crippen LogP contribution in [0.2, 0.25) is 0 Å². The van der Waals surface area contributed by atoms with Gasteiger partial charge in [0.15, 0.2) is 0 Å². The van der Waals surface area contributed by atoms with Gasteiger partial charge in [-0.3, -0.25) is 0 Å². The van der Waals surface area contributed by atoms with Crippen molar-refractivity contribution < 1.29 is 4.74 Å². The van der Waals surface area contributed by atoms with Crippen molar-refractivity contribution in [1.29, 1.82) is 0 Å². The minimum absolute atomic E-state index is 0.659. The molecule has 2 aromatic rings. The lowest BCUT2D eigenvalue weighted by Crippen LogP contribution is -2.12. The highest BCUT2D eigenvalue weighted by atomic mass is 16.5. The Morgan fingerprint density at radius 2 is 1.95 bits per heavy atom. The van der Waals surface area contributed by atoms with Crippen LogP contribution in [0.4, 0.5) is 5.69 Å². The summed E-state index contributed by atoms with van der Waals surface area (Å²) < 4.78 is 7.95. The third-order valence-corrected chi connectivity index (χ3v) is 3.59. The van der Waals surface area contributed by atoms with Gasteiger partial charge in [-0.15, -0.1) is 0 Å². The second-order valence-electron chi connectivity index (χ2n) is 4.96. The Morgan fingerprint density at radius 1 is 1.16 bits per heavy atom. The van der Waals surface area contributed by atoms with Crippen molar-refractivity contribution in [3.8, 4) is 5.75 Å². The minimum Gasteiger partial charge on any atom is -0.492 e. The summed E-state index contributed by atoms with van der Waals surface area (Å²) in [5, 5.41) is 0. The number of anilines is 1. The monoisotopic (exact) mass is 257 g/mol. The zero-order chi connectivity index (χ0) is 13.1. The molecule has 1 aliphatic carbocycles. The molecule has 1 heterocycles. The van der Waals surface area contributed by atoms with Gasteiger partial charge in [-0.2, -0.15) is 0 Å². The predicted octanol–water partition coefficient (Wildman–Crippen LogP) is 2.42. The number of aryl methyl sites for hydroxylation is 1. The van der Waals surface area contributed by atoms with E-state index in [9.17, 15) is 0 Å². The molecule has 1 aromatic heterocycles. The maximum absolute atomic E-state index is 5.72. The first-order chi connectivity index (χ1) is 9.33. The smallest absolute Gasteiger partial charge is 0.119 e. The zero-order valence-electron chi connectivity index (χ0n) is 11.0. The Labute approximate surface area is 113 Å². The molecule has 0 saturated heterocycles. The lowest BCUT2D eigenvalue weighted by molar-refractivity contribution is 0.296. The topological polar surface area (TPSA) is 53.1 Å². The van der Waals surface area contributed by atoms with Crippen LogP contribution in [0.5, 0.6) is 5.75 Å². The lowest BCUT2D eigenvalue weighted by atomic mass is 10.0. The fourth-order valence-electron chi connectivity index (χ4n) is 2.55. The van der Waals surface area contributed by atoms with E-state index in [-0.39, 0.29) is 0 Å². The molecule has 0 saturated carbocycles. The molecule has 0 unspecified atom stereocenters. The van der Waals surface area contributed by atoms with E-state index in [0.29, 0.717) is 6.61 Å². The number of nitrogens with zero attached hydrogens (tertiary/aromatic N) is 2. The fraction of sp³-hybridized carbons (Fsp3) is 0.400. The summed E-state index contributed by atoms with van der Waals surface area (Å²) in [4.78, 5) is 4.48. The Hall–Kier alpha value is -1.97. The summed E-state index contributed by atoms with van der Waals surface area (Å²) in [7, 11) is 0. The fourth-order valence-corrected chi connectivity index (χ4v) is 2.55. The summed E-state index contributed by atoms with van der Waals surface area (Å²) in [6, 6.07) is 7.51. The number of nitrogens with two attached hydrogens (primary N) is 1. The highest BCUT2D eigenvalue weighted by Gasteiger charge is 2.14. The molecule has 1 aromatic carbocycles. The molecular formula is C15H19N3O. The number of ether oxygens (including phenoxy) is 1. The molecule has 0 fully saturated rings. The highest BCUT2D eigenvalue weighted by molar-refractivity contribution is 5.41. The van der Waals surface area contributed by atoms with Crippen molar-refractivity contribution in [2.75, 3.05) is 12.3 Å². The maximum Gasteiger partial charge on any atom is 0.119 e. The zero-order valence-corrected chi connectivity index (χ0v) is 11.0. The Morgan fingerprint density at radius 3 is 2.79 bits per heavy atom. The van der Waals surface area contributed by atoms with Crippen LogP contribution in [0.1, 0.15) is 24.2 Å². The van der Waals surface area contributed by atoms with Gasteiger partial charge in [-0.25, -0.2) is 4.98 Å². The first-order valence-corrected chi connectivity index (χ1v) is 6.84. The van der Waals surface area contributed by atoms with Gasteiger partial charge in [0.1, 0.15) is 12.4 Å². The van der Waals surface area contributed by atoms with E-state index in [1.54, 1.807) is 0 Å². The molecule has 0 bridgehead atoms. The number of fused-ring (bicyclic) bond motifs is 1. The van der Waals surface area contributed by atoms with Crippen molar-refractivity contribution in [1.82, 2.24) is 9.55 Å². The number of hydrogen-bond donors (Lipinski definition) is 1. The summed E-state index contributed by atoms with van der Waals surface area (Å²) in [6.07, 6.45) is 6.77. The van der Waals surface area contributed by atoms with Crippen LogP contribution >= 0.6 is 0 Å². The van der Waals surface area contributed by atoms with E-state index in [4.69, 9.17) is 10.5 Å². The molecule has 0 radical (unpaired) electrons. The lowest BCUT2D eigenvalue weighted by Gasteiger charge is -2.14. The molecule has 4 heteroatoms. The molecule has 100 valence electrons.